The summed E-state index contributed by atoms with van der Waals surface area (Å²) in [4.78, 5) is 27.9. The lowest BCUT2D eigenvalue weighted by atomic mass is 9.83. The maximum absolute atomic E-state index is 13.2. The van der Waals surface area contributed by atoms with Crippen LogP contribution < -0.4 is 16.4 Å². The van der Waals surface area contributed by atoms with Crippen LogP contribution in [0.1, 0.15) is 42.6 Å². The van der Waals surface area contributed by atoms with Crippen LogP contribution in [0.4, 0.5) is 20.7 Å². The molecular weight excluding hydrogens is 403 g/mol. The van der Waals surface area contributed by atoms with Gasteiger partial charge in [0.15, 0.2) is 5.82 Å². The molecule has 1 saturated carbocycles. The predicted molar refractivity (Wildman–Crippen MR) is 115 cm³/mol. The number of carbonyl (C=O) groups is 2. The number of hydrogen-bond donors (Lipinski definition) is 3. The first-order chi connectivity index (χ1) is 14.9. The van der Waals surface area contributed by atoms with E-state index < -0.39 is 12.0 Å². The number of nitrogens with two attached hydrogens (primary N) is 1. The van der Waals surface area contributed by atoms with E-state index in [1.165, 1.54) is 12.1 Å². The average Bonchev–Trinajstić information content (AvgIpc) is 3.14. The predicted octanol–water partition coefficient (Wildman–Crippen LogP) is 3.02. The number of ether oxygens (including phenoxy) is 1. The highest BCUT2D eigenvalue weighted by molar-refractivity contribution is 5.98. The third kappa shape index (κ3) is 5.59. The first-order valence-corrected chi connectivity index (χ1v) is 10.2. The van der Waals surface area contributed by atoms with Crippen molar-refractivity contribution >= 4 is 29.7 Å². The highest BCUT2D eigenvalue weighted by Gasteiger charge is 2.34. The minimum Gasteiger partial charge on any atom is -0.446 e. The van der Waals surface area contributed by atoms with Crippen molar-refractivity contribution in [3.8, 4) is 0 Å². The van der Waals surface area contributed by atoms with Crippen LogP contribution in [0.15, 0.2) is 35.5 Å². The van der Waals surface area contributed by atoms with Gasteiger partial charge in [0, 0.05) is 37.6 Å². The second kappa shape index (κ2) is 10.1. The minimum atomic E-state index is -0.621. The van der Waals surface area contributed by atoms with Crippen molar-refractivity contribution in [1.82, 2.24) is 15.1 Å². The van der Waals surface area contributed by atoms with Crippen molar-refractivity contribution in [2.24, 2.45) is 16.6 Å². The molecule has 1 aliphatic carbocycles. The Bertz CT molecular complexity index is 943. The van der Waals surface area contributed by atoms with Crippen LogP contribution in [0.25, 0.3) is 0 Å². The summed E-state index contributed by atoms with van der Waals surface area (Å²) in [6.45, 7) is 2.33. The van der Waals surface area contributed by atoms with Crippen molar-refractivity contribution in [1.29, 1.82) is 0 Å². The number of hydrogen-bond acceptors (Lipinski definition) is 6. The van der Waals surface area contributed by atoms with Gasteiger partial charge >= 0.3 is 6.09 Å². The molecule has 1 fully saturated rings. The van der Waals surface area contributed by atoms with Crippen LogP contribution in [-0.2, 0) is 4.74 Å². The summed E-state index contributed by atoms with van der Waals surface area (Å²) >= 11 is 0. The van der Waals surface area contributed by atoms with Crippen LogP contribution in [-0.4, -0.2) is 47.7 Å². The zero-order valence-corrected chi connectivity index (χ0v) is 17.5. The molecule has 0 radical (unpaired) electrons. The quantitative estimate of drug-likeness (QED) is 0.583. The molecule has 0 aliphatic heterocycles. The van der Waals surface area contributed by atoms with E-state index in [4.69, 9.17) is 10.5 Å². The van der Waals surface area contributed by atoms with E-state index in [1.807, 2.05) is 13.1 Å². The third-order valence-corrected chi connectivity index (χ3v) is 5.19. The van der Waals surface area contributed by atoms with E-state index in [1.54, 1.807) is 30.1 Å². The van der Waals surface area contributed by atoms with Crippen LogP contribution in [0.5, 0.6) is 0 Å². The van der Waals surface area contributed by atoms with Gasteiger partial charge in [-0.2, -0.15) is 5.10 Å². The van der Waals surface area contributed by atoms with Gasteiger partial charge in [-0.25, -0.2) is 9.18 Å². The van der Waals surface area contributed by atoms with Gasteiger partial charge in [0.2, 0.25) is 0 Å². The minimum absolute atomic E-state index is 0.0440. The average molecular weight is 430 g/mol. The standard InChI is InChI=1S/C21H27FN6O3/c1-3-25-21(30)31-16-8-9-18(13(10-16)11-24-2)28-12-17(19(23)29)20(27-28)26-15-6-4-14(22)5-7-15/h4-7,11-13,16,18H,3,8-10H2,1-2H3,(H2,23,29)(H,25,30)(H,26,27). The Labute approximate surface area is 179 Å². The summed E-state index contributed by atoms with van der Waals surface area (Å²) in [6, 6.07) is 5.64. The number of amides is 2. The van der Waals surface area contributed by atoms with E-state index in [2.05, 4.69) is 20.7 Å². The number of aromatic nitrogens is 2. The van der Waals surface area contributed by atoms with Gasteiger partial charge in [0.25, 0.3) is 5.91 Å². The van der Waals surface area contributed by atoms with Gasteiger partial charge in [0.05, 0.1) is 6.04 Å². The number of nitrogens with one attached hydrogen (secondary N) is 2. The monoisotopic (exact) mass is 430 g/mol. The summed E-state index contributed by atoms with van der Waals surface area (Å²) in [5.74, 6) is -0.728. The molecule has 1 aliphatic rings. The fourth-order valence-corrected chi connectivity index (χ4v) is 3.78. The number of aliphatic imine (C=N–C) groups is 1. The Balaban J connectivity index is 1.81. The topological polar surface area (TPSA) is 124 Å². The normalized spacial score (nSPS) is 21.1. The molecule has 2 amide bonds. The lowest BCUT2D eigenvalue weighted by Crippen LogP contribution is -2.36. The Hall–Kier alpha value is -3.43. The Morgan fingerprint density at radius 1 is 1.35 bits per heavy atom. The summed E-state index contributed by atoms with van der Waals surface area (Å²) in [6.07, 6.45) is 4.69. The molecule has 3 unspecified atom stereocenters. The zero-order valence-electron chi connectivity index (χ0n) is 17.5. The highest BCUT2D eigenvalue weighted by Crippen LogP contribution is 2.35. The van der Waals surface area contributed by atoms with Crippen molar-refractivity contribution in [2.45, 2.75) is 38.3 Å². The molecule has 10 heteroatoms. The summed E-state index contributed by atoms with van der Waals surface area (Å²) < 4.78 is 20.4. The Kier molecular flexibility index (Phi) is 7.22. The molecule has 3 atom stereocenters. The van der Waals surface area contributed by atoms with E-state index in [0.29, 0.717) is 37.3 Å². The molecule has 0 saturated heterocycles. The lowest BCUT2D eigenvalue weighted by Gasteiger charge is -2.33. The molecule has 31 heavy (non-hydrogen) atoms. The van der Waals surface area contributed by atoms with Crippen LogP contribution in [0.2, 0.25) is 0 Å². The largest absolute Gasteiger partial charge is 0.446 e. The molecule has 0 bridgehead atoms. The maximum Gasteiger partial charge on any atom is 0.407 e. The van der Waals surface area contributed by atoms with Crippen molar-refractivity contribution in [3.63, 3.8) is 0 Å². The second-order valence-electron chi connectivity index (χ2n) is 7.38. The molecule has 4 N–H and O–H groups in total. The van der Waals surface area contributed by atoms with Crippen LogP contribution in [0, 0.1) is 11.7 Å². The Morgan fingerprint density at radius 3 is 2.74 bits per heavy atom. The number of alkyl carbamates (subject to hydrolysis) is 1. The number of carbonyl (C=O) groups excluding carboxylic acids is 2. The smallest absolute Gasteiger partial charge is 0.407 e. The maximum atomic E-state index is 13.2. The molecule has 1 aromatic heterocycles. The molecule has 1 heterocycles. The van der Waals surface area contributed by atoms with Crippen LogP contribution in [0.3, 0.4) is 0 Å². The van der Waals surface area contributed by atoms with E-state index in [0.717, 1.165) is 0 Å². The summed E-state index contributed by atoms with van der Waals surface area (Å²) in [5, 5.41) is 10.2. The van der Waals surface area contributed by atoms with Crippen LogP contribution >= 0.6 is 0 Å². The first-order valence-electron chi connectivity index (χ1n) is 10.2. The fraction of sp³-hybridized carbons (Fsp3) is 0.429. The molecule has 2 aromatic rings. The SMILES string of the molecule is CCNC(=O)OC1CCC(n2cc(C(N)=O)c(Nc3ccc(F)cc3)n2)C(C=NC)C1. The summed E-state index contributed by atoms with van der Waals surface area (Å²) in [7, 11) is 1.69. The summed E-state index contributed by atoms with van der Waals surface area (Å²) in [5.41, 5.74) is 6.37. The number of anilines is 2. The van der Waals surface area contributed by atoms with Gasteiger partial charge < -0.3 is 26.1 Å². The van der Waals surface area contributed by atoms with Gasteiger partial charge in [-0.1, -0.05) is 0 Å². The molecule has 1 aromatic carbocycles. The van der Waals surface area contributed by atoms with E-state index in [-0.39, 0.29) is 29.4 Å². The number of benzene rings is 1. The molecule has 166 valence electrons. The lowest BCUT2D eigenvalue weighted by molar-refractivity contribution is 0.0547. The van der Waals surface area contributed by atoms with Crippen molar-refractivity contribution in [3.05, 3.63) is 41.8 Å². The number of primary amides is 1. The van der Waals surface area contributed by atoms with Gasteiger partial charge in [-0.05, 0) is 50.5 Å². The van der Waals surface area contributed by atoms with Gasteiger partial charge in [-0.15, -0.1) is 0 Å². The highest BCUT2D eigenvalue weighted by atomic mass is 19.1. The Morgan fingerprint density at radius 2 is 2.10 bits per heavy atom. The first kappa shape index (κ1) is 22.3. The van der Waals surface area contributed by atoms with Gasteiger partial charge in [-0.3, -0.25) is 9.48 Å². The zero-order chi connectivity index (χ0) is 22.4. The molecule has 3 rings (SSSR count). The van der Waals surface area contributed by atoms with E-state index in [9.17, 15) is 14.0 Å². The van der Waals surface area contributed by atoms with Gasteiger partial charge in [0.1, 0.15) is 17.5 Å². The number of halogens is 1. The van der Waals surface area contributed by atoms with E-state index >= 15 is 0 Å². The second-order valence-corrected chi connectivity index (χ2v) is 7.38. The van der Waals surface area contributed by atoms with Crippen molar-refractivity contribution < 1.29 is 18.7 Å². The molecule has 0 spiro atoms. The fourth-order valence-electron chi connectivity index (χ4n) is 3.78. The molecular formula is C21H27FN6O3. The third-order valence-electron chi connectivity index (χ3n) is 5.19. The molecule has 9 nitrogen and oxygen atoms in total. The van der Waals surface area contributed by atoms with Crippen molar-refractivity contribution in [2.75, 3.05) is 18.9 Å². The number of nitrogens with zero attached hydrogens (tertiary/aromatic N) is 3. The number of rotatable bonds is 7.